The summed E-state index contributed by atoms with van der Waals surface area (Å²) in [4.78, 5) is 13.7. The highest BCUT2D eigenvalue weighted by atomic mass is 16.3. The molecule has 1 rings (SSSR count). The summed E-state index contributed by atoms with van der Waals surface area (Å²) >= 11 is 0. The third-order valence-electron chi connectivity index (χ3n) is 2.72. The van der Waals surface area contributed by atoms with Gasteiger partial charge in [-0.05, 0) is 25.5 Å². The van der Waals surface area contributed by atoms with Crippen molar-refractivity contribution in [1.29, 1.82) is 0 Å². The molecule has 94 valence electrons. The molecule has 1 unspecified atom stereocenters. The molecule has 4 heteroatoms. The largest absolute Gasteiger partial charge is 0.508 e. The molecule has 1 atom stereocenters. The van der Waals surface area contributed by atoms with Gasteiger partial charge in [0, 0.05) is 30.8 Å². The maximum absolute atomic E-state index is 12.0. The minimum atomic E-state index is -0.103. The van der Waals surface area contributed by atoms with E-state index in [1.54, 1.807) is 29.2 Å². The lowest BCUT2D eigenvalue weighted by molar-refractivity contribution is -0.118. The summed E-state index contributed by atoms with van der Waals surface area (Å²) in [6.45, 7) is 4.43. The number of benzene rings is 1. The van der Waals surface area contributed by atoms with Crippen LogP contribution in [0.1, 0.15) is 26.7 Å². The quantitative estimate of drug-likeness (QED) is 0.820. The first kappa shape index (κ1) is 13.5. The van der Waals surface area contributed by atoms with Gasteiger partial charge in [0.1, 0.15) is 5.75 Å². The van der Waals surface area contributed by atoms with Crippen LogP contribution < -0.4 is 10.6 Å². The van der Waals surface area contributed by atoms with Crippen molar-refractivity contribution in [3.05, 3.63) is 24.3 Å². The molecular weight excluding hydrogens is 216 g/mol. The number of anilines is 1. The van der Waals surface area contributed by atoms with Crippen molar-refractivity contribution in [3.63, 3.8) is 0 Å². The van der Waals surface area contributed by atoms with Crippen molar-refractivity contribution in [2.45, 2.75) is 32.7 Å². The van der Waals surface area contributed by atoms with Gasteiger partial charge in [-0.3, -0.25) is 4.79 Å². The lowest BCUT2D eigenvalue weighted by atomic mass is 10.1. The fourth-order valence-corrected chi connectivity index (χ4v) is 1.64. The Bertz CT molecular complexity index is 379. The summed E-state index contributed by atoms with van der Waals surface area (Å²) in [7, 11) is 0. The standard InChI is InChI=1S/C13H20N2O2/c1-3-10(14)8-13(17)15(4-2)11-6-5-7-12(16)9-11/h5-7,9-10,16H,3-4,8,14H2,1-2H3. The fourth-order valence-electron chi connectivity index (χ4n) is 1.64. The number of carbonyl (C=O) groups is 1. The molecule has 0 bridgehead atoms. The number of nitrogens with two attached hydrogens (primary N) is 1. The number of nitrogens with zero attached hydrogens (tertiary/aromatic N) is 1. The van der Waals surface area contributed by atoms with E-state index in [1.165, 1.54) is 0 Å². The van der Waals surface area contributed by atoms with Crippen molar-refractivity contribution in [1.82, 2.24) is 0 Å². The van der Waals surface area contributed by atoms with Crippen molar-refractivity contribution >= 4 is 11.6 Å². The molecule has 1 amide bonds. The Kier molecular flexibility index (Phi) is 4.97. The molecule has 1 aromatic rings. The Morgan fingerprint density at radius 2 is 2.18 bits per heavy atom. The highest BCUT2D eigenvalue weighted by molar-refractivity contribution is 5.93. The topological polar surface area (TPSA) is 66.6 Å². The molecule has 17 heavy (non-hydrogen) atoms. The van der Waals surface area contributed by atoms with E-state index in [0.717, 1.165) is 6.42 Å². The average molecular weight is 236 g/mol. The molecule has 0 aromatic heterocycles. The Hall–Kier alpha value is -1.55. The maximum atomic E-state index is 12.0. The SMILES string of the molecule is CCC(N)CC(=O)N(CC)c1cccc(O)c1. The van der Waals surface area contributed by atoms with Crippen LogP contribution in [0, 0.1) is 0 Å². The smallest absolute Gasteiger partial charge is 0.228 e. The van der Waals surface area contributed by atoms with E-state index in [9.17, 15) is 9.90 Å². The van der Waals surface area contributed by atoms with Gasteiger partial charge in [-0.1, -0.05) is 13.0 Å². The molecule has 0 fully saturated rings. The molecule has 0 saturated heterocycles. The van der Waals surface area contributed by atoms with Gasteiger partial charge in [0.05, 0.1) is 0 Å². The molecule has 4 nitrogen and oxygen atoms in total. The molecule has 0 aliphatic heterocycles. The van der Waals surface area contributed by atoms with E-state index in [2.05, 4.69) is 0 Å². The van der Waals surface area contributed by atoms with Gasteiger partial charge in [-0.15, -0.1) is 0 Å². The summed E-state index contributed by atoms with van der Waals surface area (Å²) in [5, 5.41) is 9.40. The summed E-state index contributed by atoms with van der Waals surface area (Å²) < 4.78 is 0. The highest BCUT2D eigenvalue weighted by Gasteiger charge is 2.16. The van der Waals surface area contributed by atoms with Crippen LogP contribution in [0.2, 0.25) is 0 Å². The average Bonchev–Trinajstić information content (AvgIpc) is 2.30. The van der Waals surface area contributed by atoms with Crippen molar-refractivity contribution in [2.24, 2.45) is 5.73 Å². The summed E-state index contributed by atoms with van der Waals surface area (Å²) in [5.74, 6) is 0.154. The molecule has 0 heterocycles. The van der Waals surface area contributed by atoms with Crippen LogP contribution in [-0.2, 0) is 4.79 Å². The van der Waals surface area contributed by atoms with E-state index in [1.807, 2.05) is 13.8 Å². The predicted octanol–water partition coefficient (Wildman–Crippen LogP) is 1.87. The van der Waals surface area contributed by atoms with Gasteiger partial charge >= 0.3 is 0 Å². The second-order valence-electron chi connectivity index (χ2n) is 4.03. The van der Waals surface area contributed by atoms with E-state index in [-0.39, 0.29) is 17.7 Å². The first-order valence-electron chi connectivity index (χ1n) is 5.93. The zero-order valence-corrected chi connectivity index (χ0v) is 10.4. The Labute approximate surface area is 102 Å². The molecule has 0 spiro atoms. The Morgan fingerprint density at radius 3 is 2.71 bits per heavy atom. The van der Waals surface area contributed by atoms with Crippen molar-refractivity contribution in [3.8, 4) is 5.75 Å². The maximum Gasteiger partial charge on any atom is 0.228 e. The predicted molar refractivity (Wildman–Crippen MR) is 69.0 cm³/mol. The molecule has 0 aliphatic rings. The van der Waals surface area contributed by atoms with E-state index in [0.29, 0.717) is 18.7 Å². The van der Waals surface area contributed by atoms with Crippen LogP contribution in [0.4, 0.5) is 5.69 Å². The Morgan fingerprint density at radius 1 is 1.47 bits per heavy atom. The first-order chi connectivity index (χ1) is 8.08. The van der Waals surface area contributed by atoms with Gasteiger partial charge in [0.25, 0.3) is 0 Å². The summed E-state index contributed by atoms with van der Waals surface area (Å²) in [6.07, 6.45) is 1.11. The van der Waals surface area contributed by atoms with Gasteiger partial charge in [-0.2, -0.15) is 0 Å². The van der Waals surface area contributed by atoms with Gasteiger partial charge in [0.15, 0.2) is 0 Å². The van der Waals surface area contributed by atoms with E-state index >= 15 is 0 Å². The molecule has 1 aromatic carbocycles. The fraction of sp³-hybridized carbons (Fsp3) is 0.462. The normalized spacial score (nSPS) is 12.2. The monoisotopic (exact) mass is 236 g/mol. The summed E-state index contributed by atoms with van der Waals surface area (Å²) in [5.41, 5.74) is 6.49. The number of amides is 1. The number of aromatic hydroxyl groups is 1. The van der Waals surface area contributed by atoms with E-state index < -0.39 is 0 Å². The molecule has 3 N–H and O–H groups in total. The third kappa shape index (κ3) is 3.75. The minimum Gasteiger partial charge on any atom is -0.508 e. The second-order valence-corrected chi connectivity index (χ2v) is 4.03. The number of phenols is 1. The van der Waals surface area contributed by atoms with Crippen LogP contribution in [-0.4, -0.2) is 23.6 Å². The van der Waals surface area contributed by atoms with Gasteiger partial charge in [0.2, 0.25) is 5.91 Å². The number of hydrogen-bond acceptors (Lipinski definition) is 3. The second kappa shape index (κ2) is 6.25. The van der Waals surface area contributed by atoms with Crippen molar-refractivity contribution in [2.75, 3.05) is 11.4 Å². The number of rotatable bonds is 5. The van der Waals surface area contributed by atoms with Crippen molar-refractivity contribution < 1.29 is 9.90 Å². The number of hydrogen-bond donors (Lipinski definition) is 2. The van der Waals surface area contributed by atoms with Crippen LogP contribution in [0.5, 0.6) is 5.75 Å². The third-order valence-corrected chi connectivity index (χ3v) is 2.72. The molecular formula is C13H20N2O2. The van der Waals surface area contributed by atoms with Gasteiger partial charge < -0.3 is 15.7 Å². The first-order valence-corrected chi connectivity index (χ1v) is 5.93. The minimum absolute atomic E-state index is 0.00699. The van der Waals surface area contributed by atoms with Gasteiger partial charge in [-0.25, -0.2) is 0 Å². The van der Waals surface area contributed by atoms with Crippen LogP contribution >= 0.6 is 0 Å². The highest BCUT2D eigenvalue weighted by Crippen LogP contribution is 2.20. The van der Waals surface area contributed by atoms with Crippen LogP contribution in [0.25, 0.3) is 0 Å². The lowest BCUT2D eigenvalue weighted by Gasteiger charge is -2.22. The Balaban J connectivity index is 2.81. The summed E-state index contributed by atoms with van der Waals surface area (Å²) in [6, 6.07) is 6.59. The molecule has 0 radical (unpaired) electrons. The van der Waals surface area contributed by atoms with Crippen LogP contribution in [0.15, 0.2) is 24.3 Å². The lowest BCUT2D eigenvalue weighted by Crippen LogP contribution is -2.35. The van der Waals surface area contributed by atoms with E-state index in [4.69, 9.17) is 5.73 Å². The zero-order chi connectivity index (χ0) is 12.8. The molecule has 0 aliphatic carbocycles. The number of carbonyl (C=O) groups excluding carboxylic acids is 1. The van der Waals surface area contributed by atoms with Crippen LogP contribution in [0.3, 0.4) is 0 Å². The molecule has 0 saturated carbocycles. The zero-order valence-electron chi connectivity index (χ0n) is 10.4. The number of phenolic OH excluding ortho intramolecular Hbond substituents is 1.